The van der Waals surface area contributed by atoms with Crippen molar-refractivity contribution in [2.45, 2.75) is 13.5 Å². The fourth-order valence-corrected chi connectivity index (χ4v) is 2.39. The Balaban J connectivity index is 1.66. The highest BCUT2D eigenvalue weighted by Gasteiger charge is 2.15. The van der Waals surface area contributed by atoms with Gasteiger partial charge in [0.25, 0.3) is 0 Å². The third kappa shape index (κ3) is 4.19. The Morgan fingerprint density at radius 3 is 2.68 bits per heavy atom. The first-order chi connectivity index (χ1) is 12.2. The van der Waals surface area contributed by atoms with Crippen LogP contribution in [-0.2, 0) is 11.3 Å². The zero-order valence-corrected chi connectivity index (χ0v) is 14.3. The SMILES string of the molecule is CCOc1ccccc1C(=O)OCc1cc(-c2ccc(Cl)cc2)on1. The van der Waals surface area contributed by atoms with Crippen molar-refractivity contribution in [2.24, 2.45) is 0 Å². The second-order valence-electron chi connectivity index (χ2n) is 5.19. The van der Waals surface area contributed by atoms with Gasteiger partial charge in [-0.25, -0.2) is 4.79 Å². The van der Waals surface area contributed by atoms with Gasteiger partial charge in [0, 0.05) is 16.7 Å². The van der Waals surface area contributed by atoms with Gasteiger partial charge in [-0.15, -0.1) is 0 Å². The van der Waals surface area contributed by atoms with Crippen LogP contribution in [0.3, 0.4) is 0 Å². The summed E-state index contributed by atoms with van der Waals surface area (Å²) in [5.74, 6) is 0.606. The number of nitrogens with zero attached hydrogens (tertiary/aromatic N) is 1. The molecule has 2 aromatic carbocycles. The first-order valence-electron chi connectivity index (χ1n) is 7.78. The van der Waals surface area contributed by atoms with Gasteiger partial charge in [-0.05, 0) is 43.3 Å². The predicted molar refractivity (Wildman–Crippen MR) is 93.7 cm³/mol. The van der Waals surface area contributed by atoms with Crippen LogP contribution < -0.4 is 4.74 Å². The minimum Gasteiger partial charge on any atom is -0.493 e. The molecule has 0 saturated carbocycles. The van der Waals surface area contributed by atoms with Crippen molar-refractivity contribution in [1.29, 1.82) is 0 Å². The van der Waals surface area contributed by atoms with Crippen LogP contribution in [0.1, 0.15) is 23.0 Å². The molecule has 0 atom stereocenters. The van der Waals surface area contributed by atoms with Crippen LogP contribution in [0.25, 0.3) is 11.3 Å². The van der Waals surface area contributed by atoms with Crippen LogP contribution in [0.4, 0.5) is 0 Å². The van der Waals surface area contributed by atoms with E-state index in [9.17, 15) is 4.79 Å². The number of hydrogen-bond acceptors (Lipinski definition) is 5. The van der Waals surface area contributed by atoms with Gasteiger partial charge in [-0.3, -0.25) is 0 Å². The highest BCUT2D eigenvalue weighted by molar-refractivity contribution is 6.30. The van der Waals surface area contributed by atoms with E-state index in [1.54, 1.807) is 42.5 Å². The monoisotopic (exact) mass is 357 g/mol. The first-order valence-corrected chi connectivity index (χ1v) is 8.15. The molecule has 6 heteroatoms. The molecule has 0 aliphatic carbocycles. The Morgan fingerprint density at radius 1 is 1.16 bits per heavy atom. The average Bonchev–Trinajstić information content (AvgIpc) is 3.10. The van der Waals surface area contributed by atoms with Crippen molar-refractivity contribution in [1.82, 2.24) is 5.16 Å². The first kappa shape index (κ1) is 17.0. The molecule has 0 bridgehead atoms. The van der Waals surface area contributed by atoms with Gasteiger partial charge in [-0.1, -0.05) is 28.9 Å². The summed E-state index contributed by atoms with van der Waals surface area (Å²) in [6.07, 6.45) is 0. The van der Waals surface area contributed by atoms with Gasteiger partial charge in [0.05, 0.1) is 6.61 Å². The fraction of sp³-hybridized carbons (Fsp3) is 0.158. The summed E-state index contributed by atoms with van der Waals surface area (Å²) in [7, 11) is 0. The Bertz CT molecular complexity index is 858. The molecule has 0 N–H and O–H groups in total. The summed E-state index contributed by atoms with van der Waals surface area (Å²) in [5.41, 5.74) is 1.74. The maximum Gasteiger partial charge on any atom is 0.342 e. The number of ether oxygens (including phenoxy) is 2. The molecule has 128 valence electrons. The third-order valence-corrected chi connectivity index (χ3v) is 3.70. The van der Waals surface area contributed by atoms with Gasteiger partial charge >= 0.3 is 5.97 Å². The lowest BCUT2D eigenvalue weighted by Crippen LogP contribution is -2.08. The topological polar surface area (TPSA) is 61.6 Å². The van der Waals surface area contributed by atoms with Crippen LogP contribution in [0.2, 0.25) is 5.02 Å². The number of benzene rings is 2. The maximum atomic E-state index is 12.3. The van der Waals surface area contributed by atoms with Crippen LogP contribution in [0.15, 0.2) is 59.1 Å². The van der Waals surface area contributed by atoms with Crippen molar-refractivity contribution in [2.75, 3.05) is 6.61 Å². The number of carbonyl (C=O) groups excluding carboxylic acids is 1. The lowest BCUT2D eigenvalue weighted by atomic mass is 10.1. The molecule has 0 radical (unpaired) electrons. The largest absolute Gasteiger partial charge is 0.493 e. The third-order valence-electron chi connectivity index (χ3n) is 3.45. The van der Waals surface area contributed by atoms with Crippen LogP contribution in [0, 0.1) is 0 Å². The van der Waals surface area contributed by atoms with Crippen LogP contribution >= 0.6 is 11.6 Å². The van der Waals surface area contributed by atoms with E-state index in [2.05, 4.69) is 5.16 Å². The molecule has 0 aliphatic heterocycles. The van der Waals surface area contributed by atoms with Crippen LogP contribution in [0.5, 0.6) is 5.75 Å². The van der Waals surface area contributed by atoms with Gasteiger partial charge < -0.3 is 14.0 Å². The van der Waals surface area contributed by atoms with E-state index < -0.39 is 5.97 Å². The lowest BCUT2D eigenvalue weighted by Gasteiger charge is -2.08. The smallest absolute Gasteiger partial charge is 0.342 e. The maximum absolute atomic E-state index is 12.3. The number of hydrogen-bond donors (Lipinski definition) is 0. The van der Waals surface area contributed by atoms with Gasteiger partial charge in [0.2, 0.25) is 0 Å². The Labute approximate surface area is 150 Å². The number of para-hydroxylation sites is 1. The van der Waals surface area contributed by atoms with Crippen molar-refractivity contribution in [3.05, 3.63) is 70.9 Å². The van der Waals surface area contributed by atoms with Crippen LogP contribution in [-0.4, -0.2) is 17.7 Å². The van der Waals surface area contributed by atoms with E-state index in [0.29, 0.717) is 34.4 Å². The summed E-state index contributed by atoms with van der Waals surface area (Å²) < 4.78 is 16.0. The van der Waals surface area contributed by atoms with Crippen molar-refractivity contribution in [3.8, 4) is 17.1 Å². The molecule has 0 spiro atoms. The van der Waals surface area contributed by atoms with Gasteiger partial charge in [0.15, 0.2) is 5.76 Å². The molecule has 5 nitrogen and oxygen atoms in total. The van der Waals surface area contributed by atoms with Crippen molar-refractivity contribution >= 4 is 17.6 Å². The standard InChI is InChI=1S/C19H16ClNO4/c1-2-23-17-6-4-3-5-16(17)19(22)24-12-15-11-18(25-21-15)13-7-9-14(20)10-8-13/h3-11H,2,12H2,1H3. The molecule has 1 heterocycles. The van der Waals surface area contributed by atoms with Crippen molar-refractivity contribution in [3.63, 3.8) is 0 Å². The van der Waals surface area contributed by atoms with E-state index in [-0.39, 0.29) is 6.61 Å². The molecule has 0 fully saturated rings. The summed E-state index contributed by atoms with van der Waals surface area (Å²) in [6.45, 7) is 2.34. The highest BCUT2D eigenvalue weighted by Crippen LogP contribution is 2.23. The molecule has 0 unspecified atom stereocenters. The summed E-state index contributed by atoms with van der Waals surface area (Å²) in [4.78, 5) is 12.3. The highest BCUT2D eigenvalue weighted by atomic mass is 35.5. The minimum atomic E-state index is -0.472. The number of aromatic nitrogens is 1. The Morgan fingerprint density at radius 2 is 1.92 bits per heavy atom. The van der Waals surface area contributed by atoms with E-state index >= 15 is 0 Å². The Hall–Kier alpha value is -2.79. The normalized spacial score (nSPS) is 10.5. The van der Waals surface area contributed by atoms with E-state index in [4.69, 9.17) is 25.6 Å². The molecular formula is C19H16ClNO4. The second-order valence-corrected chi connectivity index (χ2v) is 5.63. The van der Waals surface area contributed by atoms with Crippen molar-refractivity contribution < 1.29 is 18.8 Å². The molecule has 0 amide bonds. The zero-order chi connectivity index (χ0) is 17.6. The fourth-order valence-electron chi connectivity index (χ4n) is 2.26. The second kappa shape index (κ2) is 7.85. The summed E-state index contributed by atoms with van der Waals surface area (Å²) in [6, 6.07) is 15.9. The molecule has 25 heavy (non-hydrogen) atoms. The molecule has 3 rings (SSSR count). The lowest BCUT2D eigenvalue weighted by molar-refractivity contribution is 0.0460. The Kier molecular flexibility index (Phi) is 5.36. The minimum absolute atomic E-state index is 0.0103. The number of halogens is 1. The molecule has 0 saturated heterocycles. The van der Waals surface area contributed by atoms with E-state index in [1.807, 2.05) is 19.1 Å². The molecular weight excluding hydrogens is 342 g/mol. The van der Waals surface area contributed by atoms with Gasteiger partial charge in [0.1, 0.15) is 23.6 Å². The molecule has 0 aliphatic rings. The number of esters is 1. The number of rotatable bonds is 6. The number of carbonyl (C=O) groups is 1. The zero-order valence-electron chi connectivity index (χ0n) is 13.6. The summed E-state index contributed by atoms with van der Waals surface area (Å²) in [5, 5.41) is 4.57. The van der Waals surface area contributed by atoms with E-state index in [0.717, 1.165) is 5.56 Å². The molecule has 1 aromatic heterocycles. The predicted octanol–water partition coefficient (Wildman–Crippen LogP) is 4.75. The summed E-state index contributed by atoms with van der Waals surface area (Å²) >= 11 is 5.87. The average molecular weight is 358 g/mol. The molecule has 3 aromatic rings. The van der Waals surface area contributed by atoms with Gasteiger partial charge in [-0.2, -0.15) is 0 Å². The van der Waals surface area contributed by atoms with E-state index in [1.165, 1.54) is 0 Å². The quantitative estimate of drug-likeness (QED) is 0.596.